The SMILES string of the molecule is CCCCCCCC(CCCCCCC)C(=O)[O-]. The van der Waals surface area contributed by atoms with Crippen LogP contribution in [0.5, 0.6) is 0 Å². The largest absolute Gasteiger partial charge is 0.550 e. The molecule has 0 spiro atoms. The Bertz CT molecular complexity index is 176. The lowest BCUT2D eigenvalue weighted by Gasteiger charge is -2.17. The number of rotatable bonds is 13. The van der Waals surface area contributed by atoms with Gasteiger partial charge in [0, 0.05) is 5.97 Å². The summed E-state index contributed by atoms with van der Waals surface area (Å²) in [5.74, 6) is -1.03. The first kappa shape index (κ1) is 17.5. The van der Waals surface area contributed by atoms with Crippen LogP contribution >= 0.6 is 0 Å². The molecule has 18 heavy (non-hydrogen) atoms. The number of hydrogen-bond acceptors (Lipinski definition) is 2. The first-order chi connectivity index (χ1) is 8.72. The van der Waals surface area contributed by atoms with Crippen molar-refractivity contribution in [1.82, 2.24) is 0 Å². The van der Waals surface area contributed by atoms with Crippen LogP contribution in [-0.2, 0) is 4.79 Å². The highest BCUT2D eigenvalue weighted by Gasteiger charge is 2.09. The summed E-state index contributed by atoms with van der Waals surface area (Å²) in [6, 6.07) is 0. The van der Waals surface area contributed by atoms with Crippen LogP contribution in [-0.4, -0.2) is 5.97 Å². The lowest BCUT2D eigenvalue weighted by atomic mass is 9.94. The summed E-state index contributed by atoms with van der Waals surface area (Å²) in [4.78, 5) is 11.0. The van der Waals surface area contributed by atoms with Crippen molar-refractivity contribution in [3.8, 4) is 0 Å². The summed E-state index contributed by atoms with van der Waals surface area (Å²) < 4.78 is 0. The number of unbranched alkanes of at least 4 members (excludes halogenated alkanes) is 8. The smallest absolute Gasteiger partial charge is 0.0445 e. The second-order valence-electron chi connectivity index (χ2n) is 5.42. The van der Waals surface area contributed by atoms with Crippen LogP contribution in [0.3, 0.4) is 0 Å². The molecule has 0 fully saturated rings. The Kier molecular flexibility index (Phi) is 12.5. The first-order valence-corrected chi connectivity index (χ1v) is 7.93. The topological polar surface area (TPSA) is 40.1 Å². The molecule has 0 aliphatic heterocycles. The fourth-order valence-electron chi connectivity index (χ4n) is 2.37. The zero-order valence-electron chi connectivity index (χ0n) is 12.4. The van der Waals surface area contributed by atoms with Crippen LogP contribution in [0.4, 0.5) is 0 Å². The Hall–Kier alpha value is -0.530. The summed E-state index contributed by atoms with van der Waals surface area (Å²) in [6.07, 6.45) is 13.6. The van der Waals surface area contributed by atoms with Crippen LogP contribution in [0.25, 0.3) is 0 Å². The van der Waals surface area contributed by atoms with Crippen molar-refractivity contribution in [2.24, 2.45) is 5.92 Å². The highest BCUT2D eigenvalue weighted by Crippen LogP contribution is 2.18. The molecule has 0 saturated heterocycles. The van der Waals surface area contributed by atoms with Crippen molar-refractivity contribution in [3.63, 3.8) is 0 Å². The fraction of sp³-hybridized carbons (Fsp3) is 0.938. The minimum absolute atomic E-state index is 0.201. The third kappa shape index (κ3) is 10.6. The Morgan fingerprint density at radius 3 is 1.50 bits per heavy atom. The molecule has 0 radical (unpaired) electrons. The molecule has 0 N–H and O–H groups in total. The van der Waals surface area contributed by atoms with Gasteiger partial charge < -0.3 is 9.90 Å². The minimum Gasteiger partial charge on any atom is -0.550 e. The van der Waals surface area contributed by atoms with Gasteiger partial charge in [0.2, 0.25) is 0 Å². The second kappa shape index (κ2) is 12.9. The van der Waals surface area contributed by atoms with E-state index >= 15 is 0 Å². The van der Waals surface area contributed by atoms with Gasteiger partial charge in [0.05, 0.1) is 0 Å². The highest BCUT2D eigenvalue weighted by molar-refractivity contribution is 5.67. The molecule has 0 heterocycles. The molecule has 0 aliphatic carbocycles. The lowest BCUT2D eigenvalue weighted by Crippen LogP contribution is -2.31. The van der Waals surface area contributed by atoms with Crippen molar-refractivity contribution in [1.29, 1.82) is 0 Å². The van der Waals surface area contributed by atoms with Gasteiger partial charge >= 0.3 is 0 Å². The van der Waals surface area contributed by atoms with Crippen LogP contribution in [0, 0.1) is 5.92 Å². The Labute approximate surface area is 113 Å². The van der Waals surface area contributed by atoms with E-state index in [9.17, 15) is 9.90 Å². The Morgan fingerprint density at radius 1 is 0.778 bits per heavy atom. The molecule has 0 amide bonds. The van der Waals surface area contributed by atoms with Crippen LogP contribution in [0.2, 0.25) is 0 Å². The number of hydrogen-bond donors (Lipinski definition) is 0. The molecule has 108 valence electrons. The van der Waals surface area contributed by atoms with E-state index < -0.39 is 5.97 Å². The van der Waals surface area contributed by atoms with E-state index in [-0.39, 0.29) is 5.92 Å². The minimum atomic E-state index is -0.832. The molecule has 0 bridgehead atoms. The number of carbonyl (C=O) groups is 1. The first-order valence-electron chi connectivity index (χ1n) is 7.93. The van der Waals surface area contributed by atoms with E-state index in [4.69, 9.17) is 0 Å². The van der Waals surface area contributed by atoms with Gasteiger partial charge in [0.1, 0.15) is 0 Å². The lowest BCUT2D eigenvalue weighted by molar-refractivity contribution is -0.312. The van der Waals surface area contributed by atoms with Gasteiger partial charge in [-0.25, -0.2) is 0 Å². The van der Waals surface area contributed by atoms with Crippen molar-refractivity contribution in [3.05, 3.63) is 0 Å². The molecular formula is C16H31O2-. The molecule has 0 aromatic rings. The van der Waals surface area contributed by atoms with E-state index in [1.807, 2.05) is 0 Å². The number of aliphatic carboxylic acids is 1. The maximum atomic E-state index is 11.0. The quantitative estimate of drug-likeness (QED) is 0.465. The summed E-state index contributed by atoms with van der Waals surface area (Å²) in [6.45, 7) is 4.39. The standard InChI is InChI=1S/C16H32O2/c1-3-5-7-9-11-13-15(16(17)18)14-12-10-8-6-4-2/h15H,3-14H2,1-2H3,(H,17,18)/p-1. The van der Waals surface area contributed by atoms with Gasteiger partial charge in [0.15, 0.2) is 0 Å². The predicted octanol–water partition coefficient (Wildman–Crippen LogP) is 4.07. The Morgan fingerprint density at radius 2 is 1.17 bits per heavy atom. The fourth-order valence-corrected chi connectivity index (χ4v) is 2.37. The third-order valence-corrected chi connectivity index (χ3v) is 3.65. The van der Waals surface area contributed by atoms with Gasteiger partial charge in [-0.3, -0.25) is 0 Å². The van der Waals surface area contributed by atoms with Crippen LogP contribution in [0.15, 0.2) is 0 Å². The van der Waals surface area contributed by atoms with Crippen molar-refractivity contribution >= 4 is 5.97 Å². The van der Waals surface area contributed by atoms with Crippen LogP contribution < -0.4 is 5.11 Å². The van der Waals surface area contributed by atoms with Crippen LogP contribution in [0.1, 0.15) is 90.9 Å². The van der Waals surface area contributed by atoms with Crippen molar-refractivity contribution < 1.29 is 9.90 Å². The second-order valence-corrected chi connectivity index (χ2v) is 5.42. The molecule has 0 saturated carbocycles. The maximum absolute atomic E-state index is 11.0. The number of carboxylic acids is 1. The Balaban J connectivity index is 3.56. The van der Waals surface area contributed by atoms with E-state index in [1.54, 1.807) is 0 Å². The summed E-state index contributed by atoms with van der Waals surface area (Å²) in [5, 5.41) is 11.0. The molecule has 2 nitrogen and oxygen atoms in total. The zero-order valence-corrected chi connectivity index (χ0v) is 12.4. The highest BCUT2D eigenvalue weighted by atomic mass is 16.4. The molecule has 0 aliphatic rings. The number of carboxylic acid groups (broad SMARTS) is 1. The van der Waals surface area contributed by atoms with Gasteiger partial charge in [0.25, 0.3) is 0 Å². The molecule has 0 aromatic carbocycles. The molecule has 0 atom stereocenters. The third-order valence-electron chi connectivity index (χ3n) is 3.65. The average Bonchev–Trinajstić information content (AvgIpc) is 2.35. The monoisotopic (exact) mass is 255 g/mol. The molecule has 2 heteroatoms. The summed E-state index contributed by atoms with van der Waals surface area (Å²) in [7, 11) is 0. The predicted molar refractivity (Wildman–Crippen MR) is 75.2 cm³/mol. The van der Waals surface area contributed by atoms with E-state index in [0.717, 1.165) is 25.7 Å². The van der Waals surface area contributed by atoms with Crippen molar-refractivity contribution in [2.45, 2.75) is 90.9 Å². The van der Waals surface area contributed by atoms with Gasteiger partial charge in [-0.05, 0) is 18.8 Å². The van der Waals surface area contributed by atoms with E-state index in [1.165, 1.54) is 51.4 Å². The van der Waals surface area contributed by atoms with Gasteiger partial charge in [-0.15, -0.1) is 0 Å². The average molecular weight is 255 g/mol. The molecular weight excluding hydrogens is 224 g/mol. The molecule has 0 rings (SSSR count). The summed E-state index contributed by atoms with van der Waals surface area (Å²) >= 11 is 0. The maximum Gasteiger partial charge on any atom is 0.0445 e. The van der Waals surface area contributed by atoms with E-state index in [2.05, 4.69) is 13.8 Å². The number of carbonyl (C=O) groups excluding carboxylic acids is 1. The normalized spacial score (nSPS) is 11.1. The van der Waals surface area contributed by atoms with Crippen molar-refractivity contribution in [2.75, 3.05) is 0 Å². The van der Waals surface area contributed by atoms with Gasteiger partial charge in [-0.2, -0.15) is 0 Å². The van der Waals surface area contributed by atoms with E-state index in [0.29, 0.717) is 0 Å². The van der Waals surface area contributed by atoms with Gasteiger partial charge in [-0.1, -0.05) is 78.1 Å². The summed E-state index contributed by atoms with van der Waals surface area (Å²) in [5.41, 5.74) is 0. The molecule has 0 aromatic heterocycles. The zero-order chi connectivity index (χ0) is 13.6. The molecule has 0 unspecified atom stereocenters.